The van der Waals surface area contributed by atoms with Crippen molar-refractivity contribution in [3.8, 4) is 0 Å². The second-order valence-electron chi connectivity index (χ2n) is 4.31. The lowest BCUT2D eigenvalue weighted by molar-refractivity contribution is 0.0600. The number of hydrogen-bond acceptors (Lipinski definition) is 5. The molecular formula is C14H14N2O4S. The number of anilines is 1. The minimum absolute atomic E-state index is 0.104. The Morgan fingerprint density at radius 1 is 1.19 bits per heavy atom. The summed E-state index contributed by atoms with van der Waals surface area (Å²) in [6.45, 7) is 1.62. The smallest absolute Gasteiger partial charge is 0.337 e. The van der Waals surface area contributed by atoms with Crippen LogP contribution in [0.3, 0.4) is 0 Å². The number of ether oxygens (including phenoxy) is 1. The van der Waals surface area contributed by atoms with E-state index >= 15 is 0 Å². The van der Waals surface area contributed by atoms with Gasteiger partial charge in [0.1, 0.15) is 0 Å². The van der Waals surface area contributed by atoms with E-state index in [4.69, 9.17) is 0 Å². The molecule has 1 heterocycles. The molecule has 0 atom stereocenters. The Balaban J connectivity index is 2.35. The van der Waals surface area contributed by atoms with Crippen LogP contribution in [0.25, 0.3) is 0 Å². The highest BCUT2D eigenvalue weighted by molar-refractivity contribution is 7.92. The molecule has 0 aliphatic heterocycles. The molecule has 0 radical (unpaired) electrons. The molecule has 7 heteroatoms. The summed E-state index contributed by atoms with van der Waals surface area (Å²) in [5, 5.41) is 0. The van der Waals surface area contributed by atoms with Gasteiger partial charge in [-0.2, -0.15) is 0 Å². The van der Waals surface area contributed by atoms with E-state index in [9.17, 15) is 13.2 Å². The van der Waals surface area contributed by atoms with Gasteiger partial charge >= 0.3 is 5.97 Å². The third-order valence-corrected chi connectivity index (χ3v) is 4.36. The quantitative estimate of drug-likeness (QED) is 0.873. The summed E-state index contributed by atoms with van der Waals surface area (Å²) in [5.74, 6) is -0.510. The zero-order chi connectivity index (χ0) is 15.5. The van der Waals surface area contributed by atoms with E-state index in [1.165, 1.54) is 37.7 Å². The predicted octanol–water partition coefficient (Wildman–Crippen LogP) is 1.98. The first-order chi connectivity index (χ1) is 9.94. The Morgan fingerprint density at radius 3 is 2.43 bits per heavy atom. The van der Waals surface area contributed by atoms with Crippen LogP contribution in [0, 0.1) is 6.92 Å². The Morgan fingerprint density at radius 2 is 1.86 bits per heavy atom. The van der Waals surface area contributed by atoms with Gasteiger partial charge in [0.15, 0.2) is 0 Å². The molecule has 0 fully saturated rings. The highest BCUT2D eigenvalue weighted by Gasteiger charge is 2.18. The van der Waals surface area contributed by atoms with Gasteiger partial charge in [0, 0.05) is 12.4 Å². The van der Waals surface area contributed by atoms with Crippen LogP contribution in [-0.4, -0.2) is 26.5 Å². The maximum absolute atomic E-state index is 12.3. The number of benzene rings is 1. The molecule has 0 spiro atoms. The molecule has 0 bridgehead atoms. The Kier molecular flexibility index (Phi) is 4.23. The molecule has 0 amide bonds. The molecule has 6 nitrogen and oxygen atoms in total. The van der Waals surface area contributed by atoms with Crippen molar-refractivity contribution in [2.75, 3.05) is 11.8 Å². The number of aromatic nitrogens is 1. The second-order valence-corrected chi connectivity index (χ2v) is 5.96. The van der Waals surface area contributed by atoms with Gasteiger partial charge in [0.05, 0.1) is 23.3 Å². The van der Waals surface area contributed by atoms with E-state index in [0.29, 0.717) is 16.8 Å². The molecule has 110 valence electrons. The summed E-state index contributed by atoms with van der Waals surface area (Å²) in [6, 6.07) is 7.38. The molecule has 0 saturated heterocycles. The number of methoxy groups -OCH3 is 1. The summed E-state index contributed by atoms with van der Waals surface area (Å²) >= 11 is 0. The summed E-state index contributed by atoms with van der Waals surface area (Å²) < 4.78 is 31.7. The fourth-order valence-corrected chi connectivity index (χ4v) is 3.11. The van der Waals surface area contributed by atoms with Gasteiger partial charge < -0.3 is 4.74 Å². The zero-order valence-electron chi connectivity index (χ0n) is 11.5. The monoisotopic (exact) mass is 306 g/mol. The fourth-order valence-electron chi connectivity index (χ4n) is 1.83. The van der Waals surface area contributed by atoms with Gasteiger partial charge in [-0.3, -0.25) is 9.71 Å². The molecule has 0 saturated carbocycles. The van der Waals surface area contributed by atoms with Gasteiger partial charge in [0.25, 0.3) is 10.0 Å². The average Bonchev–Trinajstić information content (AvgIpc) is 2.46. The van der Waals surface area contributed by atoms with Crippen LogP contribution in [0.15, 0.2) is 47.6 Å². The number of pyridine rings is 1. The summed E-state index contributed by atoms with van der Waals surface area (Å²) in [4.78, 5) is 15.3. The van der Waals surface area contributed by atoms with E-state index in [-0.39, 0.29) is 4.90 Å². The molecule has 0 unspecified atom stereocenters. The molecular weight excluding hydrogens is 292 g/mol. The largest absolute Gasteiger partial charge is 0.465 e. The fraction of sp³-hybridized carbons (Fsp3) is 0.143. The van der Waals surface area contributed by atoms with Crippen molar-refractivity contribution in [2.45, 2.75) is 11.8 Å². The zero-order valence-corrected chi connectivity index (χ0v) is 12.3. The molecule has 0 aliphatic rings. The number of sulfonamides is 1. The average molecular weight is 306 g/mol. The molecule has 2 aromatic rings. The van der Waals surface area contributed by atoms with E-state index in [0.717, 1.165) is 0 Å². The van der Waals surface area contributed by atoms with Crippen molar-refractivity contribution in [3.63, 3.8) is 0 Å². The van der Waals surface area contributed by atoms with Crippen LogP contribution in [0.4, 0.5) is 5.69 Å². The number of rotatable bonds is 4. The number of nitrogens with zero attached hydrogens (tertiary/aromatic N) is 1. The van der Waals surface area contributed by atoms with Crippen molar-refractivity contribution < 1.29 is 17.9 Å². The SMILES string of the molecule is COC(=O)c1ccc(S(=O)(=O)Nc2ccncc2)c(C)c1. The number of aryl methyl sites for hydroxylation is 1. The van der Waals surface area contributed by atoms with Gasteiger partial charge in [-0.05, 0) is 42.8 Å². The van der Waals surface area contributed by atoms with Gasteiger partial charge in [-0.25, -0.2) is 13.2 Å². The number of esters is 1. The maximum atomic E-state index is 12.3. The number of hydrogen-bond donors (Lipinski definition) is 1. The van der Waals surface area contributed by atoms with Crippen LogP contribution in [-0.2, 0) is 14.8 Å². The highest BCUT2D eigenvalue weighted by Crippen LogP contribution is 2.20. The summed E-state index contributed by atoms with van der Waals surface area (Å²) in [7, 11) is -2.45. The van der Waals surface area contributed by atoms with Crippen LogP contribution in [0.1, 0.15) is 15.9 Å². The van der Waals surface area contributed by atoms with Crippen LogP contribution in [0.2, 0.25) is 0 Å². The first-order valence-electron chi connectivity index (χ1n) is 6.06. The third-order valence-electron chi connectivity index (χ3n) is 2.82. The third kappa shape index (κ3) is 3.38. The molecule has 1 aromatic heterocycles. The van der Waals surface area contributed by atoms with E-state index < -0.39 is 16.0 Å². The van der Waals surface area contributed by atoms with Gasteiger partial charge in [-0.15, -0.1) is 0 Å². The van der Waals surface area contributed by atoms with Crippen molar-refractivity contribution in [1.29, 1.82) is 0 Å². The Bertz CT molecular complexity index is 758. The standard InChI is InChI=1S/C14H14N2O4S/c1-10-9-11(14(17)20-2)3-4-13(10)21(18,19)16-12-5-7-15-8-6-12/h3-9H,1-2H3,(H,15,16). The molecule has 21 heavy (non-hydrogen) atoms. The number of carbonyl (C=O) groups excluding carboxylic acids is 1. The van der Waals surface area contributed by atoms with Gasteiger partial charge in [0.2, 0.25) is 0 Å². The summed E-state index contributed by atoms with van der Waals surface area (Å²) in [5.41, 5.74) is 1.18. The Labute approximate surface area is 122 Å². The maximum Gasteiger partial charge on any atom is 0.337 e. The highest BCUT2D eigenvalue weighted by atomic mass is 32.2. The minimum atomic E-state index is -3.72. The van der Waals surface area contributed by atoms with Crippen molar-refractivity contribution in [1.82, 2.24) is 4.98 Å². The normalized spacial score (nSPS) is 11.0. The van der Waals surface area contributed by atoms with Gasteiger partial charge in [-0.1, -0.05) is 0 Å². The lowest BCUT2D eigenvalue weighted by Crippen LogP contribution is -2.15. The first-order valence-corrected chi connectivity index (χ1v) is 7.54. The van der Waals surface area contributed by atoms with E-state index in [1.54, 1.807) is 19.1 Å². The lowest BCUT2D eigenvalue weighted by Gasteiger charge is -2.11. The van der Waals surface area contributed by atoms with Crippen LogP contribution >= 0.6 is 0 Å². The second kappa shape index (κ2) is 5.92. The summed E-state index contributed by atoms with van der Waals surface area (Å²) in [6.07, 6.45) is 2.98. The van der Waals surface area contributed by atoms with Crippen molar-refractivity contribution in [3.05, 3.63) is 53.9 Å². The Hall–Kier alpha value is -2.41. The number of carbonyl (C=O) groups is 1. The van der Waals surface area contributed by atoms with Crippen molar-refractivity contribution in [2.24, 2.45) is 0 Å². The minimum Gasteiger partial charge on any atom is -0.465 e. The number of nitrogens with one attached hydrogen (secondary N) is 1. The predicted molar refractivity (Wildman–Crippen MR) is 77.6 cm³/mol. The van der Waals surface area contributed by atoms with E-state index in [2.05, 4.69) is 14.4 Å². The van der Waals surface area contributed by atoms with Crippen LogP contribution < -0.4 is 4.72 Å². The van der Waals surface area contributed by atoms with Crippen LogP contribution in [0.5, 0.6) is 0 Å². The molecule has 0 aliphatic carbocycles. The van der Waals surface area contributed by atoms with E-state index in [1.807, 2.05) is 0 Å². The molecule has 1 N–H and O–H groups in total. The lowest BCUT2D eigenvalue weighted by atomic mass is 10.1. The first kappa shape index (κ1) is 15.0. The topological polar surface area (TPSA) is 85.4 Å². The molecule has 1 aromatic carbocycles. The van der Waals surface area contributed by atoms with Crippen molar-refractivity contribution >= 4 is 21.7 Å². The molecule has 2 rings (SSSR count).